The third-order valence-corrected chi connectivity index (χ3v) is 2.70. The lowest BCUT2D eigenvalue weighted by atomic mass is 10.1. The van der Waals surface area contributed by atoms with Gasteiger partial charge in [-0.25, -0.2) is 4.79 Å². The van der Waals surface area contributed by atoms with E-state index in [-0.39, 0.29) is 15.9 Å². The molecule has 82 valence electrons. The maximum absolute atomic E-state index is 10.7. The highest BCUT2D eigenvalue weighted by Gasteiger charge is 2.20. The van der Waals surface area contributed by atoms with Gasteiger partial charge in [0.1, 0.15) is 10.2 Å². The second-order valence-electron chi connectivity index (χ2n) is 3.03. The molecule has 1 aromatic heterocycles. The number of nitrogens with zero attached hydrogens (tertiary/aromatic N) is 1. The topological polar surface area (TPSA) is 83.6 Å². The average Bonchev–Trinajstić information content (AvgIpc) is 2.61. The molecule has 0 aliphatic carbocycles. The Kier molecular flexibility index (Phi) is 2.66. The first-order valence-corrected chi connectivity index (χ1v) is 5.06. The summed E-state index contributed by atoms with van der Waals surface area (Å²) < 4.78 is 5.21. The van der Waals surface area contributed by atoms with E-state index in [1.165, 1.54) is 12.1 Å². The van der Waals surface area contributed by atoms with Crippen LogP contribution in [0.3, 0.4) is 0 Å². The van der Waals surface area contributed by atoms with E-state index in [9.17, 15) is 4.79 Å². The summed E-state index contributed by atoms with van der Waals surface area (Å²) in [6.45, 7) is 0. The molecule has 1 heterocycles. The SMILES string of the molecule is O=C(O)c1noc(-c2ccc(O)cc2)c1Br. The van der Waals surface area contributed by atoms with Gasteiger partial charge in [0.05, 0.1) is 0 Å². The van der Waals surface area contributed by atoms with Crippen LogP contribution in [0, 0.1) is 0 Å². The fourth-order valence-corrected chi connectivity index (χ4v) is 1.75. The molecule has 2 N–H and O–H groups in total. The Morgan fingerprint density at radius 2 is 1.94 bits per heavy atom. The highest BCUT2D eigenvalue weighted by molar-refractivity contribution is 9.10. The van der Waals surface area contributed by atoms with Crippen LogP contribution in [0.2, 0.25) is 0 Å². The molecule has 0 unspecified atom stereocenters. The number of carboxylic acid groups (broad SMARTS) is 1. The van der Waals surface area contributed by atoms with Gasteiger partial charge in [0, 0.05) is 5.56 Å². The molecule has 5 nitrogen and oxygen atoms in total. The second-order valence-corrected chi connectivity index (χ2v) is 3.82. The molecule has 2 rings (SSSR count). The standard InChI is InChI=1S/C10H6BrNO4/c11-7-8(10(14)15)12-16-9(7)5-1-3-6(13)4-2-5/h1-4,13H,(H,14,15). The van der Waals surface area contributed by atoms with Gasteiger partial charge < -0.3 is 14.7 Å². The minimum atomic E-state index is -1.17. The van der Waals surface area contributed by atoms with Crippen LogP contribution in [0.5, 0.6) is 5.75 Å². The molecule has 0 atom stereocenters. The van der Waals surface area contributed by atoms with Gasteiger partial charge in [0.25, 0.3) is 0 Å². The molecule has 0 saturated heterocycles. The maximum Gasteiger partial charge on any atom is 0.359 e. The summed E-state index contributed by atoms with van der Waals surface area (Å²) in [4.78, 5) is 10.7. The molecular formula is C10H6BrNO4. The number of benzene rings is 1. The van der Waals surface area contributed by atoms with Crippen molar-refractivity contribution in [1.82, 2.24) is 5.16 Å². The summed E-state index contributed by atoms with van der Waals surface area (Å²) >= 11 is 3.11. The minimum Gasteiger partial charge on any atom is -0.508 e. The predicted octanol–water partition coefficient (Wildman–Crippen LogP) is 2.51. The van der Waals surface area contributed by atoms with Gasteiger partial charge in [-0.15, -0.1) is 0 Å². The van der Waals surface area contributed by atoms with Gasteiger partial charge in [-0.3, -0.25) is 0 Å². The Labute approximate surface area is 98.4 Å². The van der Waals surface area contributed by atoms with Gasteiger partial charge >= 0.3 is 5.97 Å². The molecule has 0 aliphatic rings. The molecule has 0 spiro atoms. The van der Waals surface area contributed by atoms with E-state index in [1.807, 2.05) is 0 Å². The van der Waals surface area contributed by atoms with Crippen LogP contribution in [0.25, 0.3) is 11.3 Å². The first kappa shape index (κ1) is 10.7. The monoisotopic (exact) mass is 283 g/mol. The number of hydrogen-bond acceptors (Lipinski definition) is 4. The van der Waals surface area contributed by atoms with Crippen molar-refractivity contribution in [2.24, 2.45) is 0 Å². The molecule has 0 amide bonds. The molecule has 0 aliphatic heterocycles. The normalized spacial score (nSPS) is 10.3. The molecule has 0 fully saturated rings. The van der Waals surface area contributed by atoms with Crippen molar-refractivity contribution in [3.8, 4) is 17.1 Å². The number of aromatic hydroxyl groups is 1. The number of hydrogen-bond donors (Lipinski definition) is 2. The predicted molar refractivity (Wildman–Crippen MR) is 58.3 cm³/mol. The first-order valence-electron chi connectivity index (χ1n) is 4.27. The van der Waals surface area contributed by atoms with Crippen LogP contribution < -0.4 is 0 Å². The summed E-state index contributed by atoms with van der Waals surface area (Å²) in [5.41, 5.74) is 0.452. The Balaban J connectivity index is 2.49. The number of carbonyl (C=O) groups is 1. The Bertz CT molecular complexity index is 532. The average molecular weight is 284 g/mol. The van der Waals surface area contributed by atoms with E-state index in [2.05, 4.69) is 21.1 Å². The van der Waals surface area contributed by atoms with E-state index in [0.29, 0.717) is 11.3 Å². The zero-order valence-electron chi connectivity index (χ0n) is 7.85. The molecular weight excluding hydrogens is 278 g/mol. The second kappa shape index (κ2) is 3.97. The summed E-state index contributed by atoms with van der Waals surface area (Å²) in [5.74, 6) is -0.726. The van der Waals surface area contributed by atoms with Crippen molar-refractivity contribution >= 4 is 21.9 Å². The molecule has 2 aromatic rings. The smallest absolute Gasteiger partial charge is 0.359 e. The van der Waals surface area contributed by atoms with Crippen LogP contribution >= 0.6 is 15.9 Å². The molecule has 16 heavy (non-hydrogen) atoms. The fraction of sp³-hybridized carbons (Fsp3) is 0. The van der Waals surface area contributed by atoms with E-state index >= 15 is 0 Å². The molecule has 0 radical (unpaired) electrons. The first-order chi connectivity index (χ1) is 7.59. The molecule has 0 bridgehead atoms. The van der Waals surface area contributed by atoms with Gasteiger partial charge in [-0.05, 0) is 40.2 Å². The van der Waals surface area contributed by atoms with Crippen LogP contribution in [0.1, 0.15) is 10.5 Å². The zero-order chi connectivity index (χ0) is 11.7. The number of aromatic carboxylic acids is 1. The van der Waals surface area contributed by atoms with E-state index < -0.39 is 5.97 Å². The number of phenols is 1. The fourth-order valence-electron chi connectivity index (χ4n) is 1.20. The number of carboxylic acids is 1. The quantitative estimate of drug-likeness (QED) is 0.885. The van der Waals surface area contributed by atoms with Crippen molar-refractivity contribution in [3.63, 3.8) is 0 Å². The largest absolute Gasteiger partial charge is 0.508 e. The van der Waals surface area contributed by atoms with Gasteiger partial charge in [-0.1, -0.05) is 5.16 Å². The van der Waals surface area contributed by atoms with E-state index in [1.54, 1.807) is 12.1 Å². The van der Waals surface area contributed by atoms with Crippen molar-refractivity contribution in [3.05, 3.63) is 34.4 Å². The van der Waals surface area contributed by atoms with Crippen molar-refractivity contribution in [2.75, 3.05) is 0 Å². The number of phenolic OH excluding ortho intramolecular Hbond substituents is 1. The van der Waals surface area contributed by atoms with Gasteiger partial charge in [0.15, 0.2) is 5.76 Å². The Morgan fingerprint density at radius 3 is 2.44 bits per heavy atom. The summed E-state index contributed by atoms with van der Waals surface area (Å²) in [6, 6.07) is 6.16. The highest BCUT2D eigenvalue weighted by Crippen LogP contribution is 2.31. The van der Waals surface area contributed by atoms with E-state index in [4.69, 9.17) is 14.7 Å². The lowest BCUT2D eigenvalue weighted by Gasteiger charge is -1.96. The molecule has 1 aromatic carbocycles. The zero-order valence-corrected chi connectivity index (χ0v) is 9.43. The highest BCUT2D eigenvalue weighted by atomic mass is 79.9. The maximum atomic E-state index is 10.7. The van der Waals surface area contributed by atoms with Crippen molar-refractivity contribution < 1.29 is 19.5 Å². The Hall–Kier alpha value is -1.82. The third kappa shape index (κ3) is 1.79. The summed E-state index contributed by atoms with van der Waals surface area (Å²) in [7, 11) is 0. The third-order valence-electron chi connectivity index (χ3n) is 1.97. The van der Waals surface area contributed by atoms with Gasteiger partial charge in [0.2, 0.25) is 5.69 Å². The van der Waals surface area contributed by atoms with Crippen molar-refractivity contribution in [1.29, 1.82) is 0 Å². The summed E-state index contributed by atoms with van der Waals surface area (Å²) in [6.07, 6.45) is 0. The molecule has 6 heteroatoms. The van der Waals surface area contributed by atoms with Crippen LogP contribution in [-0.4, -0.2) is 21.3 Å². The lowest BCUT2D eigenvalue weighted by molar-refractivity contribution is 0.0685. The number of halogens is 1. The minimum absolute atomic E-state index is 0.123. The van der Waals surface area contributed by atoms with Crippen LogP contribution in [-0.2, 0) is 0 Å². The van der Waals surface area contributed by atoms with Gasteiger partial charge in [-0.2, -0.15) is 0 Å². The summed E-state index contributed by atoms with van der Waals surface area (Å²) in [5, 5.41) is 21.3. The number of aromatic nitrogens is 1. The Morgan fingerprint density at radius 1 is 1.31 bits per heavy atom. The molecule has 0 saturated carbocycles. The van der Waals surface area contributed by atoms with Crippen LogP contribution in [0.4, 0.5) is 0 Å². The lowest BCUT2D eigenvalue weighted by Crippen LogP contribution is -1.96. The van der Waals surface area contributed by atoms with Crippen LogP contribution in [0.15, 0.2) is 33.3 Å². The number of rotatable bonds is 2. The van der Waals surface area contributed by atoms with E-state index in [0.717, 1.165) is 0 Å². The van der Waals surface area contributed by atoms with Crippen molar-refractivity contribution in [2.45, 2.75) is 0 Å².